The lowest BCUT2D eigenvalue weighted by Crippen LogP contribution is -2.28. The summed E-state index contributed by atoms with van der Waals surface area (Å²) in [7, 11) is -0.675. The van der Waals surface area contributed by atoms with E-state index < -0.39 is 8.80 Å². The van der Waals surface area contributed by atoms with Gasteiger partial charge < -0.3 is 9.47 Å². The van der Waals surface area contributed by atoms with Crippen LogP contribution in [-0.2, 0) is 0 Å². The van der Waals surface area contributed by atoms with Gasteiger partial charge in [-0.2, -0.15) is 0 Å². The predicted octanol–water partition coefficient (Wildman–Crippen LogP) is 5.00. The third kappa shape index (κ3) is 5.88. The molecule has 2 rings (SSSR count). The Labute approximate surface area is 137 Å². The molecule has 1 saturated heterocycles. The van der Waals surface area contributed by atoms with Crippen LogP contribution in [0.1, 0.15) is 39.0 Å². The summed E-state index contributed by atoms with van der Waals surface area (Å²) in [5.41, 5.74) is 0. The molecule has 0 N–H and O–H groups in total. The summed E-state index contributed by atoms with van der Waals surface area (Å²) >= 11 is 0. The Bertz CT molecular complexity index is 422. The van der Waals surface area contributed by atoms with Crippen molar-refractivity contribution in [3.63, 3.8) is 0 Å². The number of hydrogen-bond donors (Lipinski definition) is 0. The van der Waals surface area contributed by atoms with Crippen LogP contribution in [0.5, 0.6) is 11.5 Å². The molecule has 0 amide bonds. The van der Waals surface area contributed by atoms with Crippen molar-refractivity contribution in [3.8, 4) is 11.5 Å². The molecule has 0 unspecified atom stereocenters. The van der Waals surface area contributed by atoms with E-state index in [1.54, 1.807) is 0 Å². The van der Waals surface area contributed by atoms with Gasteiger partial charge in [-0.15, -0.1) is 6.58 Å². The highest BCUT2D eigenvalue weighted by Crippen LogP contribution is 2.29. The van der Waals surface area contributed by atoms with Crippen LogP contribution in [0.3, 0.4) is 0 Å². The van der Waals surface area contributed by atoms with Gasteiger partial charge in [0.05, 0.1) is 21.6 Å². The van der Waals surface area contributed by atoms with E-state index in [4.69, 9.17) is 9.47 Å². The fraction of sp³-hybridized carbons (Fsp3) is 0.579. The monoisotopic (exact) mass is 318 g/mol. The van der Waals surface area contributed by atoms with Gasteiger partial charge in [-0.25, -0.2) is 0 Å². The smallest absolute Gasteiger partial charge is 0.119 e. The van der Waals surface area contributed by atoms with Gasteiger partial charge in [0, 0.05) is 0 Å². The Kier molecular flexibility index (Phi) is 7.57. The molecule has 1 aromatic rings. The number of rotatable bonds is 9. The van der Waals surface area contributed by atoms with Crippen molar-refractivity contribution in [3.05, 3.63) is 36.9 Å². The molecule has 0 aromatic heterocycles. The highest BCUT2D eigenvalue weighted by atomic mass is 28.3. The Morgan fingerprint density at radius 3 is 2.36 bits per heavy atom. The highest BCUT2D eigenvalue weighted by molar-refractivity contribution is 6.58. The van der Waals surface area contributed by atoms with Crippen molar-refractivity contribution in [2.24, 2.45) is 5.92 Å². The number of hydrogen-bond acceptors (Lipinski definition) is 2. The van der Waals surface area contributed by atoms with E-state index in [2.05, 4.69) is 6.58 Å². The summed E-state index contributed by atoms with van der Waals surface area (Å²) < 4.78 is 11.5. The fourth-order valence-electron chi connectivity index (χ4n) is 3.25. The minimum atomic E-state index is -0.675. The molecule has 2 nitrogen and oxygen atoms in total. The fourth-order valence-corrected chi connectivity index (χ4v) is 6.19. The van der Waals surface area contributed by atoms with Crippen molar-refractivity contribution in [2.75, 3.05) is 12.8 Å². The molecule has 1 fully saturated rings. The van der Waals surface area contributed by atoms with Crippen molar-refractivity contribution >= 4 is 8.80 Å². The number of allylic oxidation sites excluding steroid dienone is 1. The first-order valence-electron chi connectivity index (χ1n) is 8.78. The maximum absolute atomic E-state index is 6.01. The van der Waals surface area contributed by atoms with Crippen LogP contribution >= 0.6 is 0 Å². The van der Waals surface area contributed by atoms with E-state index >= 15 is 0 Å². The van der Waals surface area contributed by atoms with Gasteiger partial charge in [0.25, 0.3) is 0 Å². The summed E-state index contributed by atoms with van der Waals surface area (Å²) in [6.07, 6.45) is 9.80. The molecule has 0 saturated carbocycles. The molecular weight excluding hydrogens is 288 g/mol. The lowest BCUT2D eigenvalue weighted by molar-refractivity contribution is 0.337. The van der Waals surface area contributed by atoms with Gasteiger partial charge in [0.2, 0.25) is 0 Å². The molecule has 0 bridgehead atoms. The van der Waals surface area contributed by atoms with Crippen LogP contribution in [0, 0.1) is 5.92 Å². The number of ether oxygens (including phenoxy) is 2. The topological polar surface area (TPSA) is 18.5 Å². The van der Waals surface area contributed by atoms with Gasteiger partial charge in [-0.05, 0) is 49.9 Å². The molecule has 1 aromatic carbocycles. The second kappa shape index (κ2) is 9.72. The molecule has 0 atom stereocenters. The first kappa shape index (κ1) is 17.1. The first-order valence-corrected chi connectivity index (χ1v) is 11.2. The van der Waals surface area contributed by atoms with Gasteiger partial charge in [0.1, 0.15) is 11.5 Å². The molecule has 3 heteroatoms. The lowest BCUT2D eigenvalue weighted by Gasteiger charge is -2.27. The predicted molar refractivity (Wildman–Crippen MR) is 96.6 cm³/mol. The van der Waals surface area contributed by atoms with Crippen molar-refractivity contribution < 1.29 is 9.47 Å². The Hall–Kier alpha value is -1.22. The second-order valence-electron chi connectivity index (χ2n) is 6.32. The molecule has 1 heterocycles. The lowest BCUT2D eigenvalue weighted by atomic mass is 9.96. The summed E-state index contributed by atoms with van der Waals surface area (Å²) in [5.74, 6) is 2.88. The summed E-state index contributed by atoms with van der Waals surface area (Å²) in [6.45, 7) is 6.52. The maximum Gasteiger partial charge on any atom is 0.119 e. The van der Waals surface area contributed by atoms with E-state index in [0.717, 1.165) is 23.6 Å². The van der Waals surface area contributed by atoms with Gasteiger partial charge in [-0.1, -0.05) is 37.4 Å². The van der Waals surface area contributed by atoms with Crippen LogP contribution < -0.4 is 9.47 Å². The van der Waals surface area contributed by atoms with E-state index in [0.29, 0.717) is 6.61 Å². The van der Waals surface area contributed by atoms with Crippen molar-refractivity contribution in [2.45, 2.75) is 51.1 Å². The first-order chi connectivity index (χ1) is 10.8. The zero-order chi connectivity index (χ0) is 15.6. The molecule has 0 radical (unpaired) electrons. The molecule has 22 heavy (non-hydrogen) atoms. The maximum atomic E-state index is 6.01. The van der Waals surface area contributed by atoms with Gasteiger partial charge >= 0.3 is 0 Å². The number of benzene rings is 1. The minimum absolute atomic E-state index is 0.675. The zero-order valence-electron chi connectivity index (χ0n) is 13.9. The molecule has 0 aliphatic carbocycles. The average molecular weight is 319 g/mol. The van der Waals surface area contributed by atoms with E-state index in [9.17, 15) is 0 Å². The third-order valence-corrected chi connectivity index (χ3v) is 7.55. The van der Waals surface area contributed by atoms with E-state index in [1.807, 2.05) is 37.3 Å². The van der Waals surface area contributed by atoms with Crippen LogP contribution in [0.15, 0.2) is 36.9 Å². The summed E-state index contributed by atoms with van der Waals surface area (Å²) in [4.78, 5) is 0. The average Bonchev–Trinajstić information content (AvgIpc) is 2.56. The van der Waals surface area contributed by atoms with Gasteiger partial charge in [-0.3, -0.25) is 0 Å². The van der Waals surface area contributed by atoms with Gasteiger partial charge in [0.15, 0.2) is 0 Å². The highest BCUT2D eigenvalue weighted by Gasteiger charge is 2.22. The molecule has 1 aliphatic rings. The molecule has 0 spiro atoms. The van der Waals surface area contributed by atoms with Crippen LogP contribution in [0.25, 0.3) is 0 Å². The van der Waals surface area contributed by atoms with Crippen molar-refractivity contribution in [1.29, 1.82) is 0 Å². The normalized spacial score (nSPS) is 21.3. The second-order valence-corrected chi connectivity index (χ2v) is 9.54. The van der Waals surface area contributed by atoms with Crippen molar-refractivity contribution in [1.82, 2.24) is 0 Å². The molecule has 1 aliphatic heterocycles. The van der Waals surface area contributed by atoms with Crippen LogP contribution in [0.4, 0.5) is 0 Å². The standard InChI is InChI=1S/C19H30O2Si/c1-3-5-6-7-17-12-14-22(15-13-17)16-21-19-10-8-18(9-11-19)20-4-2/h3,8-11,17,22H,1,4-7,12-16H2,2H3. The van der Waals surface area contributed by atoms with E-state index in [-0.39, 0.29) is 0 Å². The zero-order valence-corrected chi connectivity index (χ0v) is 15.1. The number of unbranched alkanes of at least 4 members (excludes halogenated alkanes) is 1. The molecular formula is C19H30O2Si. The summed E-state index contributed by atoms with van der Waals surface area (Å²) in [6, 6.07) is 11.0. The third-order valence-electron chi connectivity index (χ3n) is 4.61. The minimum Gasteiger partial charge on any atom is -0.498 e. The largest absolute Gasteiger partial charge is 0.498 e. The summed E-state index contributed by atoms with van der Waals surface area (Å²) in [5, 5.41) is 0. The quantitative estimate of drug-likeness (QED) is 0.362. The van der Waals surface area contributed by atoms with Crippen LogP contribution in [-0.4, -0.2) is 21.6 Å². The molecule has 122 valence electrons. The Balaban J connectivity index is 1.64. The van der Waals surface area contributed by atoms with E-state index in [1.165, 1.54) is 44.2 Å². The Morgan fingerprint density at radius 2 is 1.77 bits per heavy atom. The SMILES string of the molecule is C=CCCCC1CC[SiH](COc2ccc(OCC)cc2)CC1. The van der Waals surface area contributed by atoms with Crippen LogP contribution in [0.2, 0.25) is 12.1 Å². The Morgan fingerprint density at radius 1 is 1.14 bits per heavy atom.